The van der Waals surface area contributed by atoms with Crippen LogP contribution < -0.4 is 5.73 Å². The number of nitrogens with zero attached hydrogens (tertiary/aromatic N) is 3. The van der Waals surface area contributed by atoms with Crippen molar-refractivity contribution >= 4 is 17.2 Å². The minimum atomic E-state index is -0.141. The van der Waals surface area contributed by atoms with Crippen LogP contribution in [0.2, 0.25) is 0 Å². The van der Waals surface area contributed by atoms with Gasteiger partial charge in [-0.25, -0.2) is 4.98 Å². The molecule has 1 aromatic heterocycles. The van der Waals surface area contributed by atoms with Gasteiger partial charge in [0.05, 0.1) is 12.6 Å². The van der Waals surface area contributed by atoms with Crippen LogP contribution in [-0.2, 0) is 4.74 Å². The first-order valence-corrected chi connectivity index (χ1v) is 7.97. The normalized spacial score (nSPS) is 12.7. The lowest BCUT2D eigenvalue weighted by Gasteiger charge is -2.22. The maximum atomic E-state index is 12.5. The van der Waals surface area contributed by atoms with Gasteiger partial charge in [0, 0.05) is 25.6 Å². The van der Waals surface area contributed by atoms with Gasteiger partial charge in [-0.2, -0.15) is 0 Å². The van der Waals surface area contributed by atoms with Gasteiger partial charge in [-0.3, -0.25) is 4.79 Å². The van der Waals surface area contributed by atoms with Gasteiger partial charge in [0.15, 0.2) is 0 Å². The summed E-state index contributed by atoms with van der Waals surface area (Å²) in [5.41, 5.74) is 6.27. The van der Waals surface area contributed by atoms with Crippen molar-refractivity contribution in [3.63, 3.8) is 0 Å². The van der Waals surface area contributed by atoms with Crippen LogP contribution in [0.4, 0.5) is 0 Å². The summed E-state index contributed by atoms with van der Waals surface area (Å²) in [7, 11) is 5.69. The summed E-state index contributed by atoms with van der Waals surface area (Å²) in [5.74, 6) is -0.0473. The van der Waals surface area contributed by atoms with E-state index in [1.54, 1.807) is 17.4 Å². The molecule has 120 valence electrons. The number of amides is 1. The van der Waals surface area contributed by atoms with Gasteiger partial charge >= 0.3 is 0 Å². The van der Waals surface area contributed by atoms with Crippen LogP contribution in [0.25, 0.3) is 0 Å². The SMILES string of the molecule is COCCN(CCCN(C)C)C(=O)c1csc(C(C)N)n1. The summed E-state index contributed by atoms with van der Waals surface area (Å²) in [6.07, 6.45) is 0.923. The minimum absolute atomic E-state index is 0.0473. The van der Waals surface area contributed by atoms with Crippen LogP contribution in [0.5, 0.6) is 0 Å². The second kappa shape index (κ2) is 9.09. The van der Waals surface area contributed by atoms with Gasteiger partial charge in [-0.1, -0.05) is 0 Å². The molecule has 0 aliphatic carbocycles. The zero-order valence-corrected chi connectivity index (χ0v) is 14.2. The van der Waals surface area contributed by atoms with Crippen molar-refractivity contribution < 1.29 is 9.53 Å². The highest BCUT2D eigenvalue weighted by atomic mass is 32.1. The number of nitrogens with two attached hydrogens (primary N) is 1. The Balaban J connectivity index is 2.68. The van der Waals surface area contributed by atoms with Gasteiger partial charge in [-0.05, 0) is 34.0 Å². The molecular formula is C14H26N4O2S. The third-order valence-corrected chi connectivity index (χ3v) is 4.06. The molecule has 1 aromatic rings. The third kappa shape index (κ3) is 6.09. The maximum absolute atomic E-state index is 12.5. The quantitative estimate of drug-likeness (QED) is 0.741. The van der Waals surface area contributed by atoms with Crippen molar-refractivity contribution in [3.05, 3.63) is 16.1 Å². The number of hydrogen-bond acceptors (Lipinski definition) is 6. The molecule has 0 aliphatic heterocycles. The zero-order valence-electron chi connectivity index (χ0n) is 13.3. The summed E-state index contributed by atoms with van der Waals surface area (Å²) in [6, 6.07) is -0.141. The molecule has 6 nitrogen and oxygen atoms in total. The Hall–Kier alpha value is -1.02. The molecule has 21 heavy (non-hydrogen) atoms. The first-order valence-electron chi connectivity index (χ1n) is 7.09. The second-order valence-electron chi connectivity index (χ2n) is 5.30. The van der Waals surface area contributed by atoms with E-state index in [0.717, 1.165) is 18.0 Å². The Labute approximate surface area is 130 Å². The lowest BCUT2D eigenvalue weighted by atomic mass is 10.3. The predicted octanol–water partition coefficient (Wildman–Crippen LogP) is 1.20. The van der Waals surface area contributed by atoms with Crippen molar-refractivity contribution in [3.8, 4) is 0 Å². The van der Waals surface area contributed by atoms with Gasteiger partial charge in [0.2, 0.25) is 0 Å². The Morgan fingerprint density at radius 2 is 2.14 bits per heavy atom. The van der Waals surface area contributed by atoms with E-state index in [0.29, 0.717) is 25.4 Å². The van der Waals surface area contributed by atoms with E-state index in [2.05, 4.69) is 9.88 Å². The summed E-state index contributed by atoms with van der Waals surface area (Å²) < 4.78 is 5.09. The number of methoxy groups -OCH3 is 1. The number of ether oxygens (including phenoxy) is 1. The van der Waals surface area contributed by atoms with E-state index >= 15 is 0 Å². The molecule has 2 N–H and O–H groups in total. The molecule has 1 atom stereocenters. The fourth-order valence-corrected chi connectivity index (χ4v) is 2.60. The maximum Gasteiger partial charge on any atom is 0.273 e. The molecule has 0 aromatic carbocycles. The lowest BCUT2D eigenvalue weighted by Crippen LogP contribution is -2.36. The Bertz CT molecular complexity index is 434. The number of carbonyl (C=O) groups is 1. The van der Waals surface area contributed by atoms with E-state index in [4.69, 9.17) is 10.5 Å². The Morgan fingerprint density at radius 1 is 1.43 bits per heavy atom. The fourth-order valence-electron chi connectivity index (χ4n) is 1.85. The predicted molar refractivity (Wildman–Crippen MR) is 85.7 cm³/mol. The minimum Gasteiger partial charge on any atom is -0.383 e. The molecule has 7 heteroatoms. The number of carbonyl (C=O) groups excluding carboxylic acids is 1. The van der Waals surface area contributed by atoms with Crippen molar-refractivity contribution in [1.82, 2.24) is 14.8 Å². The van der Waals surface area contributed by atoms with E-state index in [1.807, 2.05) is 21.0 Å². The van der Waals surface area contributed by atoms with Crippen LogP contribution >= 0.6 is 11.3 Å². The second-order valence-corrected chi connectivity index (χ2v) is 6.19. The monoisotopic (exact) mass is 314 g/mol. The number of aromatic nitrogens is 1. The first-order chi connectivity index (χ1) is 9.95. The largest absolute Gasteiger partial charge is 0.383 e. The topological polar surface area (TPSA) is 71.7 Å². The van der Waals surface area contributed by atoms with E-state index in [1.165, 1.54) is 11.3 Å². The number of hydrogen-bond donors (Lipinski definition) is 1. The summed E-state index contributed by atoms with van der Waals surface area (Å²) in [5, 5.41) is 2.57. The van der Waals surface area contributed by atoms with Crippen LogP contribution in [0, 0.1) is 0 Å². The van der Waals surface area contributed by atoms with Gasteiger partial charge in [0.1, 0.15) is 10.7 Å². The average Bonchev–Trinajstić information content (AvgIpc) is 2.91. The van der Waals surface area contributed by atoms with E-state index < -0.39 is 0 Å². The van der Waals surface area contributed by atoms with Crippen LogP contribution in [-0.4, -0.2) is 68.1 Å². The van der Waals surface area contributed by atoms with Crippen LogP contribution in [0.3, 0.4) is 0 Å². The zero-order chi connectivity index (χ0) is 15.8. The average molecular weight is 314 g/mol. The first kappa shape index (κ1) is 18.0. The molecule has 0 radical (unpaired) electrons. The van der Waals surface area contributed by atoms with Crippen LogP contribution in [0.1, 0.15) is 34.9 Å². The molecule has 1 unspecified atom stereocenters. The highest BCUT2D eigenvalue weighted by Gasteiger charge is 2.19. The molecule has 0 aliphatic rings. The van der Waals surface area contributed by atoms with Crippen molar-refractivity contribution in [1.29, 1.82) is 0 Å². The molecule has 0 spiro atoms. The molecule has 1 heterocycles. The van der Waals surface area contributed by atoms with Gasteiger partial charge < -0.3 is 20.3 Å². The molecular weight excluding hydrogens is 288 g/mol. The number of rotatable bonds is 9. The lowest BCUT2D eigenvalue weighted by molar-refractivity contribution is 0.0684. The highest BCUT2D eigenvalue weighted by molar-refractivity contribution is 7.09. The van der Waals surface area contributed by atoms with Crippen molar-refractivity contribution in [2.45, 2.75) is 19.4 Å². The molecule has 1 rings (SSSR count). The standard InChI is InChI=1S/C14H26N4O2S/c1-11(15)13-16-12(10-21-13)14(19)18(8-9-20-4)7-5-6-17(2)3/h10-11H,5-9,15H2,1-4H3. The molecule has 0 bridgehead atoms. The molecule has 0 saturated heterocycles. The van der Waals surface area contributed by atoms with Gasteiger partial charge in [-0.15, -0.1) is 11.3 Å². The summed E-state index contributed by atoms with van der Waals surface area (Å²) >= 11 is 1.43. The summed E-state index contributed by atoms with van der Waals surface area (Å²) in [4.78, 5) is 20.8. The Kier molecular flexibility index (Phi) is 7.81. The molecule has 1 amide bonds. The van der Waals surface area contributed by atoms with Crippen molar-refractivity contribution in [2.75, 3.05) is 47.4 Å². The Morgan fingerprint density at radius 3 is 2.67 bits per heavy atom. The van der Waals surface area contributed by atoms with Gasteiger partial charge in [0.25, 0.3) is 5.91 Å². The van der Waals surface area contributed by atoms with E-state index in [-0.39, 0.29) is 11.9 Å². The summed E-state index contributed by atoms with van der Waals surface area (Å²) in [6.45, 7) is 4.61. The van der Waals surface area contributed by atoms with Crippen molar-refractivity contribution in [2.24, 2.45) is 5.73 Å². The fraction of sp³-hybridized carbons (Fsp3) is 0.714. The van der Waals surface area contributed by atoms with Crippen LogP contribution in [0.15, 0.2) is 5.38 Å². The molecule has 0 fully saturated rings. The molecule has 0 saturated carbocycles. The smallest absolute Gasteiger partial charge is 0.273 e. The number of thiazole rings is 1. The highest BCUT2D eigenvalue weighted by Crippen LogP contribution is 2.17. The third-order valence-electron chi connectivity index (χ3n) is 3.02. The van der Waals surface area contributed by atoms with E-state index in [9.17, 15) is 4.79 Å².